The second-order valence-electron chi connectivity index (χ2n) is 9.85. The molecular formula is C27H31NO6. The van der Waals surface area contributed by atoms with Gasteiger partial charge in [-0.15, -0.1) is 0 Å². The van der Waals surface area contributed by atoms with E-state index in [1.54, 1.807) is 7.11 Å². The molecule has 7 nitrogen and oxygen atoms in total. The molecule has 180 valence electrons. The van der Waals surface area contributed by atoms with Gasteiger partial charge < -0.3 is 23.6 Å². The Morgan fingerprint density at radius 2 is 1.94 bits per heavy atom. The molecule has 0 radical (unpaired) electrons. The molecule has 1 aliphatic heterocycles. The Balaban J connectivity index is 1.91. The van der Waals surface area contributed by atoms with E-state index in [1.165, 1.54) is 12.3 Å². The maximum absolute atomic E-state index is 12.7. The van der Waals surface area contributed by atoms with E-state index in [0.717, 1.165) is 34.6 Å². The fourth-order valence-electron chi connectivity index (χ4n) is 4.52. The summed E-state index contributed by atoms with van der Waals surface area (Å²) in [5.74, 6) is 0.963. The van der Waals surface area contributed by atoms with E-state index in [0.29, 0.717) is 31.1 Å². The first-order chi connectivity index (χ1) is 16.1. The molecule has 0 spiro atoms. The fourth-order valence-corrected chi connectivity index (χ4v) is 4.52. The number of hydrogen-bond acceptors (Lipinski definition) is 5. The number of methoxy groups -OCH3 is 1. The van der Waals surface area contributed by atoms with Crippen molar-refractivity contribution in [3.8, 4) is 28.3 Å². The van der Waals surface area contributed by atoms with Crippen LogP contribution in [-0.4, -0.2) is 36.0 Å². The molecule has 0 bridgehead atoms. The second kappa shape index (κ2) is 9.14. The topological polar surface area (TPSA) is 90.9 Å². The molecule has 0 saturated heterocycles. The van der Waals surface area contributed by atoms with Crippen LogP contribution in [0.3, 0.4) is 0 Å². The number of aromatic nitrogens is 1. The van der Waals surface area contributed by atoms with E-state index in [1.807, 2.05) is 35.8 Å². The van der Waals surface area contributed by atoms with Crippen LogP contribution >= 0.6 is 0 Å². The number of rotatable bonds is 7. The molecule has 7 heteroatoms. The number of aryl methyl sites for hydroxylation is 1. The summed E-state index contributed by atoms with van der Waals surface area (Å²) >= 11 is 0. The minimum absolute atomic E-state index is 0.0354. The molecule has 34 heavy (non-hydrogen) atoms. The van der Waals surface area contributed by atoms with Crippen LogP contribution in [0.5, 0.6) is 5.75 Å². The van der Waals surface area contributed by atoms with Crippen LogP contribution in [0.4, 0.5) is 0 Å². The van der Waals surface area contributed by atoms with Crippen molar-refractivity contribution in [3.05, 3.63) is 63.6 Å². The smallest absolute Gasteiger partial charge is 0.341 e. The van der Waals surface area contributed by atoms with Gasteiger partial charge in [-0.3, -0.25) is 4.79 Å². The molecule has 3 heterocycles. The van der Waals surface area contributed by atoms with Crippen molar-refractivity contribution in [1.82, 2.24) is 4.57 Å². The van der Waals surface area contributed by atoms with E-state index in [2.05, 4.69) is 20.8 Å². The summed E-state index contributed by atoms with van der Waals surface area (Å²) in [5, 5.41) is 9.55. The van der Waals surface area contributed by atoms with E-state index < -0.39 is 11.4 Å². The third kappa shape index (κ3) is 4.53. The molecular weight excluding hydrogens is 434 g/mol. The van der Waals surface area contributed by atoms with Crippen LogP contribution in [0.2, 0.25) is 0 Å². The Kier molecular flexibility index (Phi) is 6.41. The average Bonchev–Trinajstić information content (AvgIpc) is 3.20. The normalized spacial score (nSPS) is 15.0. The van der Waals surface area contributed by atoms with Gasteiger partial charge in [-0.2, -0.15) is 0 Å². The average molecular weight is 466 g/mol. The number of furan rings is 1. The van der Waals surface area contributed by atoms with Gasteiger partial charge in [-0.25, -0.2) is 4.79 Å². The summed E-state index contributed by atoms with van der Waals surface area (Å²) in [6.45, 7) is 9.35. The lowest BCUT2D eigenvalue weighted by Crippen LogP contribution is -2.32. The first-order valence-electron chi connectivity index (χ1n) is 11.5. The van der Waals surface area contributed by atoms with Gasteiger partial charge in [0.05, 0.1) is 17.9 Å². The molecule has 1 aliphatic rings. The van der Waals surface area contributed by atoms with Crippen molar-refractivity contribution in [2.24, 2.45) is 5.41 Å². The number of ether oxygens (including phenoxy) is 2. The standard InChI is InChI=1S/C27H31NO6/c1-16-7-8-23(34-16)19-13-18-17(11-24(19)33-10-6-9-32-5)12-25(27(2,3)4)28-15-20(26(30)31)22(29)14-21(18)28/h7-8,11,13-15,25H,6,9-10,12H2,1-5H3,(H,30,31)/t25-/m0/s1. The lowest BCUT2D eigenvalue weighted by Gasteiger charge is -2.39. The van der Waals surface area contributed by atoms with Crippen LogP contribution in [0.1, 0.15) is 54.9 Å². The van der Waals surface area contributed by atoms with Gasteiger partial charge in [0.25, 0.3) is 0 Å². The Bertz CT molecular complexity index is 1280. The number of carbonyl (C=O) groups is 1. The predicted octanol–water partition coefficient (Wildman–Crippen LogP) is 5.34. The van der Waals surface area contributed by atoms with Crippen LogP contribution in [0, 0.1) is 12.3 Å². The zero-order chi connectivity index (χ0) is 24.6. The van der Waals surface area contributed by atoms with Gasteiger partial charge in [0.2, 0.25) is 0 Å². The van der Waals surface area contributed by atoms with Gasteiger partial charge in [-0.05, 0) is 48.6 Å². The van der Waals surface area contributed by atoms with Crippen molar-refractivity contribution in [3.63, 3.8) is 0 Å². The highest BCUT2D eigenvalue weighted by Crippen LogP contribution is 2.46. The van der Waals surface area contributed by atoms with Crippen molar-refractivity contribution in [2.45, 2.75) is 46.6 Å². The lowest BCUT2D eigenvalue weighted by atomic mass is 9.78. The molecule has 0 saturated carbocycles. The Morgan fingerprint density at radius 1 is 1.18 bits per heavy atom. The molecule has 0 fully saturated rings. The number of nitrogens with zero attached hydrogens (tertiary/aromatic N) is 1. The molecule has 3 aromatic rings. The summed E-state index contributed by atoms with van der Waals surface area (Å²) in [4.78, 5) is 24.4. The summed E-state index contributed by atoms with van der Waals surface area (Å²) < 4.78 is 19.2. The molecule has 1 atom stereocenters. The highest BCUT2D eigenvalue weighted by atomic mass is 16.5. The molecule has 1 aromatic carbocycles. The van der Waals surface area contributed by atoms with E-state index in [-0.39, 0.29) is 17.0 Å². The number of aromatic carboxylic acids is 1. The summed E-state index contributed by atoms with van der Waals surface area (Å²) in [6, 6.07) is 9.23. The Labute approximate surface area is 198 Å². The van der Waals surface area contributed by atoms with Crippen LogP contribution < -0.4 is 10.2 Å². The minimum Gasteiger partial charge on any atom is -0.493 e. The lowest BCUT2D eigenvalue weighted by molar-refractivity contribution is 0.0693. The Morgan fingerprint density at radius 3 is 2.56 bits per heavy atom. The van der Waals surface area contributed by atoms with Crippen molar-refractivity contribution in [2.75, 3.05) is 20.3 Å². The first-order valence-corrected chi connectivity index (χ1v) is 11.5. The SMILES string of the molecule is COCCCOc1cc2c(cc1-c1ccc(C)o1)-c1cc(=O)c(C(=O)O)cn1[C@H](C(C)(C)C)C2. The number of carboxylic acids is 1. The summed E-state index contributed by atoms with van der Waals surface area (Å²) in [7, 11) is 1.66. The molecule has 2 aromatic heterocycles. The number of hydrogen-bond donors (Lipinski definition) is 1. The quantitative estimate of drug-likeness (QED) is 0.474. The monoisotopic (exact) mass is 465 g/mol. The predicted molar refractivity (Wildman–Crippen MR) is 130 cm³/mol. The molecule has 0 aliphatic carbocycles. The van der Waals surface area contributed by atoms with Crippen molar-refractivity contribution < 1.29 is 23.8 Å². The third-order valence-electron chi connectivity index (χ3n) is 6.30. The van der Waals surface area contributed by atoms with Gasteiger partial charge in [0, 0.05) is 44.0 Å². The summed E-state index contributed by atoms with van der Waals surface area (Å²) in [6.07, 6.45) is 2.93. The van der Waals surface area contributed by atoms with Gasteiger partial charge in [-0.1, -0.05) is 20.8 Å². The molecule has 1 N–H and O–H groups in total. The van der Waals surface area contributed by atoms with Crippen LogP contribution in [0.25, 0.3) is 22.6 Å². The Hall–Kier alpha value is -3.32. The van der Waals surface area contributed by atoms with Crippen molar-refractivity contribution in [1.29, 1.82) is 0 Å². The molecule has 0 unspecified atom stereocenters. The zero-order valence-corrected chi connectivity index (χ0v) is 20.3. The van der Waals surface area contributed by atoms with E-state index in [9.17, 15) is 14.7 Å². The van der Waals surface area contributed by atoms with Gasteiger partial charge >= 0.3 is 5.97 Å². The summed E-state index contributed by atoms with van der Waals surface area (Å²) in [5.41, 5.74) is 2.52. The molecule has 4 rings (SSSR count). The highest BCUT2D eigenvalue weighted by Gasteiger charge is 2.34. The van der Waals surface area contributed by atoms with Gasteiger partial charge in [0.1, 0.15) is 22.8 Å². The van der Waals surface area contributed by atoms with Crippen molar-refractivity contribution >= 4 is 5.97 Å². The number of fused-ring (bicyclic) bond motifs is 3. The third-order valence-corrected chi connectivity index (χ3v) is 6.30. The highest BCUT2D eigenvalue weighted by molar-refractivity contribution is 5.88. The largest absolute Gasteiger partial charge is 0.493 e. The first kappa shape index (κ1) is 23.8. The number of benzene rings is 1. The minimum atomic E-state index is -1.22. The van der Waals surface area contributed by atoms with Crippen LogP contribution in [-0.2, 0) is 11.2 Å². The van der Waals surface area contributed by atoms with E-state index >= 15 is 0 Å². The maximum Gasteiger partial charge on any atom is 0.341 e. The number of carboxylic acid groups (broad SMARTS) is 1. The van der Waals surface area contributed by atoms with Gasteiger partial charge in [0.15, 0.2) is 5.43 Å². The maximum atomic E-state index is 12.7. The number of pyridine rings is 1. The molecule has 0 amide bonds. The second-order valence-corrected chi connectivity index (χ2v) is 9.85. The van der Waals surface area contributed by atoms with E-state index in [4.69, 9.17) is 13.9 Å². The van der Waals surface area contributed by atoms with Crippen LogP contribution in [0.15, 0.2) is 45.7 Å². The fraction of sp³-hybridized carbons (Fsp3) is 0.407. The zero-order valence-electron chi connectivity index (χ0n) is 20.3.